The molecule has 0 N–H and O–H groups in total. The summed E-state index contributed by atoms with van der Waals surface area (Å²) < 4.78 is 13.1. The summed E-state index contributed by atoms with van der Waals surface area (Å²) in [7, 11) is 0. The Hall–Kier alpha value is -2.68. The zero-order valence-electron chi connectivity index (χ0n) is 12.5. The molecular formula is C19H18FNO. The van der Waals surface area contributed by atoms with E-state index >= 15 is 0 Å². The molecule has 0 aromatic heterocycles. The van der Waals surface area contributed by atoms with Gasteiger partial charge in [0.05, 0.1) is 12.2 Å². The Kier molecular flexibility index (Phi) is 5.26. The highest BCUT2D eigenvalue weighted by Gasteiger charge is 2.16. The Morgan fingerprint density at radius 1 is 1.14 bits per heavy atom. The molecule has 0 heterocycles. The average molecular weight is 295 g/mol. The topological polar surface area (TPSA) is 20.3 Å². The molecular weight excluding hydrogens is 277 g/mol. The minimum absolute atomic E-state index is 0.0821. The van der Waals surface area contributed by atoms with Gasteiger partial charge in [-0.25, -0.2) is 4.39 Å². The third-order valence-electron chi connectivity index (χ3n) is 3.27. The number of benzene rings is 2. The number of nitrogens with zero attached hydrogens (tertiary/aromatic N) is 1. The summed E-state index contributed by atoms with van der Waals surface area (Å²) in [5, 5.41) is 0. The number of amides is 1. The molecule has 2 rings (SSSR count). The van der Waals surface area contributed by atoms with Gasteiger partial charge in [0.1, 0.15) is 5.82 Å². The second-order valence-corrected chi connectivity index (χ2v) is 4.89. The molecule has 0 atom stereocenters. The molecule has 0 bridgehead atoms. The van der Waals surface area contributed by atoms with Gasteiger partial charge in [-0.2, -0.15) is 0 Å². The van der Waals surface area contributed by atoms with Crippen LogP contribution >= 0.6 is 0 Å². The lowest BCUT2D eigenvalue weighted by molar-refractivity contribution is -0.126. The summed E-state index contributed by atoms with van der Waals surface area (Å²) in [6, 6.07) is 15.8. The number of carbonyl (C=O) groups excluding carboxylic acids is 1. The highest BCUT2D eigenvalue weighted by molar-refractivity contribution is 5.85. The van der Waals surface area contributed by atoms with E-state index < -0.39 is 0 Å². The smallest absolute Gasteiger partial charge is 0.224 e. The molecule has 2 nitrogen and oxygen atoms in total. The van der Waals surface area contributed by atoms with E-state index in [2.05, 4.69) is 6.58 Å². The third-order valence-corrected chi connectivity index (χ3v) is 3.27. The molecule has 0 fully saturated rings. The van der Waals surface area contributed by atoms with Gasteiger partial charge in [0.25, 0.3) is 0 Å². The lowest BCUT2D eigenvalue weighted by Crippen LogP contribution is -2.26. The number of hydrogen-bond donors (Lipinski definition) is 0. The first kappa shape index (κ1) is 15.7. The van der Waals surface area contributed by atoms with E-state index in [0.29, 0.717) is 12.2 Å². The van der Waals surface area contributed by atoms with Crippen LogP contribution in [0.1, 0.15) is 18.1 Å². The third kappa shape index (κ3) is 3.92. The van der Waals surface area contributed by atoms with Gasteiger partial charge in [-0.3, -0.25) is 4.79 Å². The molecule has 1 amide bonds. The molecule has 0 saturated heterocycles. The van der Waals surface area contributed by atoms with Gasteiger partial charge in [-0.05, 0) is 41.5 Å². The van der Waals surface area contributed by atoms with Crippen LogP contribution in [0.2, 0.25) is 0 Å². The molecule has 22 heavy (non-hydrogen) atoms. The van der Waals surface area contributed by atoms with Gasteiger partial charge >= 0.3 is 0 Å². The summed E-state index contributed by atoms with van der Waals surface area (Å²) in [6.07, 6.45) is 3.39. The Morgan fingerprint density at radius 2 is 1.77 bits per heavy atom. The van der Waals surface area contributed by atoms with Gasteiger partial charge in [0, 0.05) is 6.92 Å². The van der Waals surface area contributed by atoms with Crippen LogP contribution in [0.25, 0.3) is 5.70 Å². The van der Waals surface area contributed by atoms with Crippen molar-refractivity contribution in [3.63, 3.8) is 0 Å². The van der Waals surface area contributed by atoms with E-state index in [4.69, 9.17) is 0 Å². The predicted octanol–water partition coefficient (Wildman–Crippen LogP) is 4.40. The first-order chi connectivity index (χ1) is 10.6. The summed E-state index contributed by atoms with van der Waals surface area (Å²) >= 11 is 0. The van der Waals surface area contributed by atoms with Crippen LogP contribution in [-0.4, -0.2) is 10.8 Å². The fraction of sp³-hybridized carbons (Fsp3) is 0.105. The van der Waals surface area contributed by atoms with Crippen molar-refractivity contribution in [2.45, 2.75) is 13.5 Å². The van der Waals surface area contributed by atoms with Crippen LogP contribution in [0.4, 0.5) is 4.39 Å². The van der Waals surface area contributed by atoms with Crippen LogP contribution in [0.15, 0.2) is 73.3 Å². The Morgan fingerprint density at radius 3 is 2.32 bits per heavy atom. The van der Waals surface area contributed by atoms with Gasteiger partial charge in [0.15, 0.2) is 0 Å². The maximum atomic E-state index is 13.1. The Bertz CT molecular complexity index is 674. The van der Waals surface area contributed by atoms with Crippen molar-refractivity contribution in [2.24, 2.45) is 0 Å². The highest BCUT2D eigenvalue weighted by Crippen LogP contribution is 2.22. The quantitative estimate of drug-likeness (QED) is 0.749. The van der Waals surface area contributed by atoms with Gasteiger partial charge in [-0.15, -0.1) is 0 Å². The normalized spacial score (nSPS) is 11.1. The Balaban J connectivity index is 2.38. The first-order valence-corrected chi connectivity index (χ1v) is 7.02. The molecule has 0 aliphatic rings. The number of carbonyl (C=O) groups is 1. The fourth-order valence-corrected chi connectivity index (χ4v) is 2.21. The molecule has 3 heteroatoms. The second kappa shape index (κ2) is 7.36. The van der Waals surface area contributed by atoms with Gasteiger partial charge in [-0.1, -0.05) is 43.0 Å². The largest absolute Gasteiger partial charge is 0.308 e. The van der Waals surface area contributed by atoms with Gasteiger partial charge in [0.2, 0.25) is 5.91 Å². The number of rotatable bonds is 5. The average Bonchev–Trinajstić information content (AvgIpc) is 2.52. The highest BCUT2D eigenvalue weighted by atomic mass is 19.1. The van der Waals surface area contributed by atoms with E-state index in [1.807, 2.05) is 30.3 Å². The molecule has 112 valence electrons. The molecule has 2 aromatic carbocycles. The van der Waals surface area contributed by atoms with Crippen LogP contribution < -0.4 is 0 Å². The molecule has 2 aromatic rings. The van der Waals surface area contributed by atoms with Crippen LogP contribution in [-0.2, 0) is 11.3 Å². The zero-order valence-corrected chi connectivity index (χ0v) is 12.5. The molecule has 0 aliphatic heterocycles. The maximum absolute atomic E-state index is 13.1. The van der Waals surface area contributed by atoms with Crippen molar-refractivity contribution in [1.82, 2.24) is 4.90 Å². The SMILES string of the molecule is C=C/C=C(/c1ccc(F)cc1)N(Cc1ccccc1)C(C)=O. The van der Waals surface area contributed by atoms with E-state index in [0.717, 1.165) is 11.1 Å². The van der Waals surface area contributed by atoms with Crippen molar-refractivity contribution < 1.29 is 9.18 Å². The van der Waals surface area contributed by atoms with E-state index in [-0.39, 0.29) is 11.7 Å². The van der Waals surface area contributed by atoms with E-state index in [1.54, 1.807) is 29.2 Å². The summed E-state index contributed by atoms with van der Waals surface area (Å²) in [6.45, 7) is 5.67. The first-order valence-electron chi connectivity index (χ1n) is 7.02. The molecule has 0 aliphatic carbocycles. The minimum atomic E-state index is -0.306. The number of halogens is 1. The fourth-order valence-electron chi connectivity index (χ4n) is 2.21. The summed E-state index contributed by atoms with van der Waals surface area (Å²) in [5.74, 6) is -0.389. The van der Waals surface area contributed by atoms with Crippen molar-refractivity contribution in [3.05, 3.63) is 90.3 Å². The van der Waals surface area contributed by atoms with Crippen molar-refractivity contribution in [3.8, 4) is 0 Å². The van der Waals surface area contributed by atoms with Crippen molar-refractivity contribution in [1.29, 1.82) is 0 Å². The van der Waals surface area contributed by atoms with Crippen molar-refractivity contribution in [2.75, 3.05) is 0 Å². The molecule has 0 saturated carbocycles. The molecule has 0 spiro atoms. The predicted molar refractivity (Wildman–Crippen MR) is 87.2 cm³/mol. The maximum Gasteiger partial charge on any atom is 0.224 e. The van der Waals surface area contributed by atoms with Crippen molar-refractivity contribution >= 4 is 11.6 Å². The van der Waals surface area contributed by atoms with Crippen LogP contribution in [0.5, 0.6) is 0 Å². The minimum Gasteiger partial charge on any atom is -0.308 e. The zero-order chi connectivity index (χ0) is 15.9. The van der Waals surface area contributed by atoms with Crippen LogP contribution in [0, 0.1) is 5.82 Å². The van der Waals surface area contributed by atoms with Crippen LogP contribution in [0.3, 0.4) is 0 Å². The summed E-state index contributed by atoms with van der Waals surface area (Å²) in [4.78, 5) is 13.7. The lowest BCUT2D eigenvalue weighted by Gasteiger charge is -2.24. The Labute approximate surface area is 130 Å². The number of hydrogen-bond acceptors (Lipinski definition) is 1. The standard InChI is InChI=1S/C19H18FNO/c1-3-7-19(17-10-12-18(20)13-11-17)21(15(2)22)14-16-8-5-4-6-9-16/h3-13H,1,14H2,2H3/b19-7-. The van der Waals surface area contributed by atoms with Gasteiger partial charge < -0.3 is 4.90 Å². The monoisotopic (exact) mass is 295 g/mol. The molecule has 0 radical (unpaired) electrons. The summed E-state index contributed by atoms with van der Waals surface area (Å²) in [5.41, 5.74) is 2.49. The number of allylic oxidation sites excluding steroid dienone is 2. The van der Waals surface area contributed by atoms with E-state index in [1.165, 1.54) is 19.1 Å². The second-order valence-electron chi connectivity index (χ2n) is 4.89. The molecule has 0 unspecified atom stereocenters. The lowest BCUT2D eigenvalue weighted by atomic mass is 10.1. The van der Waals surface area contributed by atoms with E-state index in [9.17, 15) is 9.18 Å².